The molecule has 0 fully saturated rings. The maximum atomic E-state index is 13.3. The number of hydrogen-bond donors (Lipinski definition) is 1. The van der Waals surface area contributed by atoms with Crippen LogP contribution in [0.1, 0.15) is 67.0 Å². The number of hydrogen-bond acceptors (Lipinski definition) is 4. The fraction of sp³-hybridized carbons (Fsp3) is 0.636. The molecule has 0 bridgehead atoms. The molecule has 0 atom stereocenters. The van der Waals surface area contributed by atoms with Gasteiger partial charge in [-0.25, -0.2) is 4.79 Å². The number of unbranched alkanes of at least 4 members (excludes halogenated alkanes) is 1. The maximum Gasteiger partial charge on any atom is 0.408 e. The number of fused-ring (bicyclic) bond motifs is 1. The predicted molar refractivity (Wildman–Crippen MR) is 119 cm³/mol. The Balaban J connectivity index is 2.75. The first-order chi connectivity index (χ1) is 13.4. The lowest BCUT2D eigenvalue weighted by Gasteiger charge is -2.35. The van der Waals surface area contributed by atoms with Crippen LogP contribution in [-0.4, -0.2) is 32.8 Å². The Kier molecular flexibility index (Phi) is 7.04. The topological polar surface area (TPSA) is 71.8 Å². The second kappa shape index (κ2) is 8.78. The highest BCUT2D eigenvalue weighted by Crippen LogP contribution is 2.35. The van der Waals surface area contributed by atoms with Crippen LogP contribution in [0.25, 0.3) is 10.1 Å². The lowest BCUT2D eigenvalue weighted by molar-refractivity contribution is 0.0924. The van der Waals surface area contributed by atoms with Crippen LogP contribution in [0.3, 0.4) is 0 Å². The number of nitrogens with zero attached hydrogens (tertiary/aromatic N) is 2. The van der Waals surface area contributed by atoms with Gasteiger partial charge in [-0.1, -0.05) is 34.1 Å². The largest absolute Gasteiger partial charge is 0.490 e. The van der Waals surface area contributed by atoms with Gasteiger partial charge in [-0.05, 0) is 44.1 Å². The number of rotatable bonds is 7. The summed E-state index contributed by atoms with van der Waals surface area (Å²) in [6.45, 7) is 15.0. The number of thiophene rings is 1. The first-order valence-electron chi connectivity index (χ1n) is 10.1. The zero-order chi connectivity index (χ0) is 22.0. The van der Waals surface area contributed by atoms with Crippen LogP contribution in [-0.2, 0) is 13.1 Å². The first kappa shape index (κ1) is 23.3. The van der Waals surface area contributed by atoms with E-state index in [1.54, 1.807) is 4.57 Å². The van der Waals surface area contributed by atoms with Crippen molar-refractivity contribution in [2.24, 2.45) is 5.41 Å². The molecule has 0 unspecified atom stereocenters. The molecular weight excluding hydrogens is 388 g/mol. The Hall–Kier alpha value is -2.02. The molecule has 0 aliphatic heterocycles. The van der Waals surface area contributed by atoms with E-state index in [1.165, 1.54) is 16.2 Å². The van der Waals surface area contributed by atoms with Gasteiger partial charge < -0.3 is 14.4 Å². The smallest absolute Gasteiger partial charge is 0.408 e. The first-order valence-corrected chi connectivity index (χ1v) is 11.0. The number of amides is 1. The second-order valence-corrected chi connectivity index (χ2v) is 10.5. The van der Waals surface area contributed by atoms with Gasteiger partial charge in [0, 0.05) is 12.1 Å². The summed E-state index contributed by atoms with van der Waals surface area (Å²) in [4.78, 5) is 26.7. The van der Waals surface area contributed by atoms with Crippen molar-refractivity contribution in [3.8, 4) is 5.75 Å². The Morgan fingerprint density at radius 1 is 1.24 bits per heavy atom. The van der Waals surface area contributed by atoms with Crippen LogP contribution in [0.2, 0.25) is 0 Å². The highest BCUT2D eigenvalue weighted by atomic mass is 32.1. The average Bonchev–Trinajstić information content (AvgIpc) is 3.05. The zero-order valence-electron chi connectivity index (χ0n) is 18.7. The van der Waals surface area contributed by atoms with Gasteiger partial charge in [0.25, 0.3) is 5.56 Å². The van der Waals surface area contributed by atoms with Crippen molar-refractivity contribution in [1.82, 2.24) is 9.47 Å². The zero-order valence-corrected chi connectivity index (χ0v) is 19.5. The minimum atomic E-state index is -1.02. The van der Waals surface area contributed by atoms with Crippen LogP contribution in [0.15, 0.2) is 16.2 Å². The molecule has 0 aliphatic rings. The molecule has 2 aromatic rings. The van der Waals surface area contributed by atoms with Gasteiger partial charge in [-0.15, -0.1) is 11.3 Å². The fourth-order valence-corrected chi connectivity index (χ4v) is 4.09. The minimum absolute atomic E-state index is 0.0896. The van der Waals surface area contributed by atoms with E-state index in [4.69, 9.17) is 4.74 Å². The van der Waals surface area contributed by atoms with Crippen LogP contribution < -0.4 is 10.3 Å². The molecule has 7 heteroatoms. The molecule has 2 aromatic heterocycles. The Labute approximate surface area is 177 Å². The summed E-state index contributed by atoms with van der Waals surface area (Å²) < 4.78 is 8.70. The molecule has 0 saturated heterocycles. The fourth-order valence-electron chi connectivity index (χ4n) is 3.18. The minimum Gasteiger partial charge on any atom is -0.490 e. The third-order valence-corrected chi connectivity index (χ3v) is 5.57. The Bertz CT molecular complexity index is 916. The molecule has 0 radical (unpaired) electrons. The van der Waals surface area contributed by atoms with E-state index in [0.29, 0.717) is 30.0 Å². The molecular formula is C22H34N2O4S. The van der Waals surface area contributed by atoms with Crippen LogP contribution in [0.5, 0.6) is 5.75 Å². The summed E-state index contributed by atoms with van der Waals surface area (Å²) in [5.41, 5.74) is -0.222. The van der Waals surface area contributed by atoms with Crippen LogP contribution in [0.4, 0.5) is 4.79 Å². The van der Waals surface area contributed by atoms with Gasteiger partial charge >= 0.3 is 6.09 Å². The van der Waals surface area contributed by atoms with Crippen LogP contribution in [0, 0.1) is 5.41 Å². The lowest BCUT2D eigenvalue weighted by Crippen LogP contribution is -2.45. The predicted octanol–water partition coefficient (Wildman–Crippen LogP) is 5.57. The summed E-state index contributed by atoms with van der Waals surface area (Å²) in [6, 6.07) is 1.83. The van der Waals surface area contributed by atoms with E-state index in [1.807, 2.05) is 32.2 Å². The summed E-state index contributed by atoms with van der Waals surface area (Å²) >= 11 is 1.47. The normalized spacial score (nSPS) is 12.4. The number of carboxylic acid groups (broad SMARTS) is 1. The summed E-state index contributed by atoms with van der Waals surface area (Å²) in [6.07, 6.45) is 0.874. The van der Waals surface area contributed by atoms with E-state index in [2.05, 4.69) is 27.7 Å². The molecule has 0 saturated carbocycles. The number of carbonyl (C=O) groups is 1. The van der Waals surface area contributed by atoms with E-state index in [0.717, 1.165) is 17.5 Å². The van der Waals surface area contributed by atoms with Gasteiger partial charge in [0.05, 0.1) is 28.9 Å². The number of ether oxygens (including phenoxy) is 1. The van der Waals surface area contributed by atoms with Crippen molar-refractivity contribution in [2.45, 2.75) is 79.9 Å². The average molecular weight is 423 g/mol. The van der Waals surface area contributed by atoms with Gasteiger partial charge in [0.15, 0.2) is 5.75 Å². The molecule has 2 heterocycles. The summed E-state index contributed by atoms with van der Waals surface area (Å²) in [5.74, 6) is 0.641. The standard InChI is InChI=1S/C22H34N2O4S/c1-8-9-11-28-17-16(13-24(20(26)27)22(5,6)7)23(14-21(2,3)4)19(25)15-10-12-29-18(15)17/h10,12H,8-9,11,13-14H2,1-7H3,(H,26,27). The molecule has 0 aromatic carbocycles. The number of aromatic nitrogens is 1. The van der Waals surface area contributed by atoms with Crippen molar-refractivity contribution < 1.29 is 14.6 Å². The van der Waals surface area contributed by atoms with E-state index in [-0.39, 0.29) is 17.5 Å². The molecule has 0 aliphatic carbocycles. The van der Waals surface area contributed by atoms with Gasteiger partial charge in [-0.2, -0.15) is 0 Å². The molecule has 29 heavy (non-hydrogen) atoms. The third-order valence-electron chi connectivity index (χ3n) is 4.66. The maximum absolute atomic E-state index is 13.3. The van der Waals surface area contributed by atoms with Crippen molar-refractivity contribution in [3.05, 3.63) is 27.5 Å². The van der Waals surface area contributed by atoms with Gasteiger partial charge in [0.1, 0.15) is 0 Å². The quantitative estimate of drug-likeness (QED) is 0.592. The van der Waals surface area contributed by atoms with Crippen molar-refractivity contribution >= 4 is 27.5 Å². The second-order valence-electron chi connectivity index (χ2n) is 9.63. The summed E-state index contributed by atoms with van der Waals surface area (Å²) in [7, 11) is 0. The summed E-state index contributed by atoms with van der Waals surface area (Å²) in [5, 5.41) is 12.4. The SMILES string of the molecule is CCCCOc1c(CN(C(=O)O)C(C)(C)C)n(CC(C)(C)C)c(=O)c2ccsc12. The third kappa shape index (κ3) is 5.53. The van der Waals surface area contributed by atoms with Crippen molar-refractivity contribution in [2.75, 3.05) is 6.61 Å². The molecule has 2 rings (SSSR count). The van der Waals surface area contributed by atoms with Gasteiger partial charge in [0.2, 0.25) is 0 Å². The van der Waals surface area contributed by atoms with E-state index < -0.39 is 11.6 Å². The highest BCUT2D eigenvalue weighted by Gasteiger charge is 2.31. The molecule has 1 N–H and O–H groups in total. The van der Waals surface area contributed by atoms with Gasteiger partial charge in [-0.3, -0.25) is 9.69 Å². The van der Waals surface area contributed by atoms with E-state index >= 15 is 0 Å². The lowest BCUT2D eigenvalue weighted by atomic mass is 9.96. The van der Waals surface area contributed by atoms with Crippen LogP contribution >= 0.6 is 11.3 Å². The molecule has 162 valence electrons. The Morgan fingerprint density at radius 3 is 2.41 bits per heavy atom. The molecule has 6 nitrogen and oxygen atoms in total. The Morgan fingerprint density at radius 2 is 1.90 bits per heavy atom. The monoisotopic (exact) mass is 422 g/mol. The van der Waals surface area contributed by atoms with Crippen molar-refractivity contribution in [3.63, 3.8) is 0 Å². The van der Waals surface area contributed by atoms with E-state index in [9.17, 15) is 14.7 Å². The molecule has 1 amide bonds. The van der Waals surface area contributed by atoms with Crippen molar-refractivity contribution in [1.29, 1.82) is 0 Å². The number of pyridine rings is 1. The molecule has 0 spiro atoms. The highest BCUT2D eigenvalue weighted by molar-refractivity contribution is 7.17.